The van der Waals surface area contributed by atoms with Gasteiger partial charge in [0, 0.05) is 29.1 Å². The highest BCUT2D eigenvalue weighted by atomic mass is 14.1. The zero-order valence-corrected chi connectivity index (χ0v) is 15.0. The SMILES string of the molecule is c1ccc[c+](-c2cccc3cccc(-c4cccc5ccccc45)c23)cc1. The van der Waals surface area contributed by atoms with Crippen molar-refractivity contribution in [2.24, 2.45) is 0 Å². The summed E-state index contributed by atoms with van der Waals surface area (Å²) in [6, 6.07) is 41.1. The second kappa shape index (κ2) is 6.66. The van der Waals surface area contributed by atoms with E-state index in [4.69, 9.17) is 0 Å². The Balaban J connectivity index is 1.89. The van der Waals surface area contributed by atoms with Gasteiger partial charge in [0.15, 0.2) is 0 Å². The third kappa shape index (κ3) is 2.76. The van der Waals surface area contributed by atoms with Crippen molar-refractivity contribution in [3.05, 3.63) is 115 Å². The molecule has 0 aliphatic carbocycles. The topological polar surface area (TPSA) is 0 Å². The van der Waals surface area contributed by atoms with Gasteiger partial charge in [-0.2, -0.15) is 0 Å². The Hall–Kier alpha value is -3.51. The Morgan fingerprint density at radius 3 is 1.89 bits per heavy atom. The normalized spacial score (nSPS) is 11.0. The molecule has 0 heterocycles. The Bertz CT molecular complexity index is 1240. The molecule has 126 valence electrons. The summed E-state index contributed by atoms with van der Waals surface area (Å²) in [4.78, 5) is 0. The van der Waals surface area contributed by atoms with E-state index >= 15 is 0 Å². The molecule has 0 bridgehead atoms. The van der Waals surface area contributed by atoms with Crippen LogP contribution in [-0.4, -0.2) is 0 Å². The highest BCUT2D eigenvalue weighted by Gasteiger charge is 2.15. The molecule has 0 aliphatic rings. The van der Waals surface area contributed by atoms with Crippen LogP contribution in [0, 0.1) is 0 Å². The van der Waals surface area contributed by atoms with Crippen molar-refractivity contribution in [2.45, 2.75) is 0 Å². The van der Waals surface area contributed by atoms with E-state index in [9.17, 15) is 0 Å². The Labute approximate surface area is 159 Å². The highest BCUT2D eigenvalue weighted by molar-refractivity contribution is 6.10. The fourth-order valence-corrected chi connectivity index (χ4v) is 3.95. The van der Waals surface area contributed by atoms with Gasteiger partial charge in [0.25, 0.3) is 0 Å². The van der Waals surface area contributed by atoms with E-state index in [1.54, 1.807) is 0 Å². The third-order valence-electron chi connectivity index (χ3n) is 5.18. The van der Waals surface area contributed by atoms with Crippen LogP contribution in [0.2, 0.25) is 0 Å². The van der Waals surface area contributed by atoms with Gasteiger partial charge in [-0.05, 0) is 64.9 Å². The van der Waals surface area contributed by atoms with E-state index in [0.29, 0.717) is 0 Å². The van der Waals surface area contributed by atoms with Crippen molar-refractivity contribution in [3.8, 4) is 22.3 Å². The van der Waals surface area contributed by atoms with E-state index in [1.807, 2.05) is 0 Å². The molecule has 0 aromatic heterocycles. The van der Waals surface area contributed by atoms with Gasteiger partial charge in [-0.1, -0.05) is 48.5 Å². The first kappa shape index (κ1) is 15.7. The molecule has 0 fully saturated rings. The van der Waals surface area contributed by atoms with Crippen LogP contribution in [0.15, 0.2) is 115 Å². The molecule has 0 aliphatic heterocycles. The summed E-state index contributed by atoms with van der Waals surface area (Å²) in [6.45, 7) is 0. The van der Waals surface area contributed by atoms with Gasteiger partial charge >= 0.3 is 0 Å². The van der Waals surface area contributed by atoms with Crippen LogP contribution >= 0.6 is 0 Å². The van der Waals surface area contributed by atoms with Gasteiger partial charge < -0.3 is 0 Å². The lowest BCUT2D eigenvalue weighted by atomic mass is 9.90. The van der Waals surface area contributed by atoms with Crippen molar-refractivity contribution in [1.82, 2.24) is 0 Å². The zero-order valence-electron chi connectivity index (χ0n) is 15.0. The monoisotopic (exact) mass is 343 g/mol. The lowest BCUT2D eigenvalue weighted by Crippen LogP contribution is -1.87. The molecule has 0 atom stereocenters. The quantitative estimate of drug-likeness (QED) is 0.289. The maximum Gasteiger partial charge on any atom is 0.0879 e. The summed E-state index contributed by atoms with van der Waals surface area (Å²) >= 11 is 0. The first-order valence-electron chi connectivity index (χ1n) is 9.30. The van der Waals surface area contributed by atoms with E-state index in [-0.39, 0.29) is 0 Å². The zero-order chi connectivity index (χ0) is 18.1. The molecule has 0 saturated carbocycles. The lowest BCUT2D eigenvalue weighted by molar-refractivity contribution is 1.66. The van der Waals surface area contributed by atoms with Crippen LogP contribution in [0.25, 0.3) is 43.8 Å². The first-order chi connectivity index (χ1) is 13.4. The fraction of sp³-hybridized carbons (Fsp3) is 0. The summed E-state index contributed by atoms with van der Waals surface area (Å²) in [5.41, 5.74) is 5.07. The second-order valence-corrected chi connectivity index (χ2v) is 6.79. The number of hydrogen-bond acceptors (Lipinski definition) is 0. The fourth-order valence-electron chi connectivity index (χ4n) is 3.95. The van der Waals surface area contributed by atoms with Gasteiger partial charge in [0.2, 0.25) is 0 Å². The van der Waals surface area contributed by atoms with Crippen molar-refractivity contribution >= 4 is 21.5 Å². The first-order valence-corrected chi connectivity index (χ1v) is 9.30. The number of rotatable bonds is 2. The minimum atomic E-state index is 1.23. The summed E-state index contributed by atoms with van der Waals surface area (Å²) < 4.78 is 0. The van der Waals surface area contributed by atoms with Crippen molar-refractivity contribution < 1.29 is 0 Å². The Morgan fingerprint density at radius 2 is 1.07 bits per heavy atom. The van der Waals surface area contributed by atoms with Gasteiger partial charge in [-0.3, -0.25) is 0 Å². The lowest BCUT2D eigenvalue weighted by Gasteiger charge is -2.10. The van der Waals surface area contributed by atoms with E-state index in [0.717, 1.165) is 0 Å². The summed E-state index contributed by atoms with van der Waals surface area (Å²) in [5, 5.41) is 5.14. The standard InChI is InChI=1S/C27H19/c1-2-4-11-21(10-3-1)24-17-8-14-22-15-9-19-26(27(22)24)25-18-7-13-20-12-5-6-16-23(20)25/h1-19H/q+1. The maximum absolute atomic E-state index is 2.25. The van der Waals surface area contributed by atoms with Crippen molar-refractivity contribution in [2.75, 3.05) is 0 Å². The van der Waals surface area contributed by atoms with E-state index in [2.05, 4.69) is 115 Å². The molecule has 27 heavy (non-hydrogen) atoms. The van der Waals surface area contributed by atoms with Gasteiger partial charge in [0.05, 0.1) is 16.5 Å². The van der Waals surface area contributed by atoms with E-state index < -0.39 is 0 Å². The minimum Gasteiger partial charge on any atom is -0.0616 e. The average Bonchev–Trinajstić information content (AvgIpc) is 3.02. The molecule has 0 radical (unpaired) electrons. The van der Waals surface area contributed by atoms with Crippen molar-refractivity contribution in [1.29, 1.82) is 0 Å². The van der Waals surface area contributed by atoms with Crippen LogP contribution in [0.3, 0.4) is 0 Å². The smallest absolute Gasteiger partial charge is 0.0616 e. The second-order valence-electron chi connectivity index (χ2n) is 6.79. The van der Waals surface area contributed by atoms with Crippen LogP contribution in [0.4, 0.5) is 0 Å². The third-order valence-corrected chi connectivity index (χ3v) is 5.18. The Morgan fingerprint density at radius 1 is 0.444 bits per heavy atom. The molecule has 0 heteroatoms. The molecule has 0 spiro atoms. The molecule has 0 nitrogen and oxygen atoms in total. The van der Waals surface area contributed by atoms with Crippen LogP contribution in [-0.2, 0) is 0 Å². The van der Waals surface area contributed by atoms with Gasteiger partial charge in [-0.15, -0.1) is 0 Å². The number of fused-ring (bicyclic) bond motifs is 2. The number of benzene rings is 4. The molecule has 5 aromatic rings. The number of hydrogen-bond donors (Lipinski definition) is 0. The summed E-state index contributed by atoms with van der Waals surface area (Å²) in [5.74, 6) is 0. The van der Waals surface area contributed by atoms with E-state index in [1.165, 1.54) is 43.8 Å². The molecular formula is C27H19+. The molecule has 0 amide bonds. The predicted octanol–water partition coefficient (Wildman–Crippen LogP) is 7.61. The minimum absolute atomic E-state index is 1.23. The van der Waals surface area contributed by atoms with Crippen LogP contribution < -0.4 is 0 Å². The van der Waals surface area contributed by atoms with Crippen LogP contribution in [0.1, 0.15) is 0 Å². The molecule has 0 N–H and O–H groups in total. The van der Waals surface area contributed by atoms with Gasteiger partial charge in [0.1, 0.15) is 0 Å². The molecule has 0 unspecified atom stereocenters. The molecule has 0 saturated heterocycles. The molecular weight excluding hydrogens is 324 g/mol. The Kier molecular flexibility index (Phi) is 3.88. The van der Waals surface area contributed by atoms with Gasteiger partial charge in [-0.25, -0.2) is 0 Å². The summed E-state index contributed by atoms with van der Waals surface area (Å²) in [7, 11) is 0. The summed E-state index contributed by atoms with van der Waals surface area (Å²) in [6.07, 6.45) is 0. The molecule has 5 aromatic carbocycles. The molecule has 5 rings (SSSR count). The average molecular weight is 343 g/mol. The largest absolute Gasteiger partial charge is 0.0879 e. The predicted molar refractivity (Wildman–Crippen MR) is 117 cm³/mol. The van der Waals surface area contributed by atoms with Crippen molar-refractivity contribution in [3.63, 3.8) is 0 Å². The van der Waals surface area contributed by atoms with Crippen LogP contribution in [0.5, 0.6) is 0 Å². The maximum atomic E-state index is 2.25. The highest BCUT2D eigenvalue weighted by Crippen LogP contribution is 2.38.